The molecule has 34 heavy (non-hydrogen) atoms. The highest BCUT2D eigenvalue weighted by Gasteiger charge is 2.26. The first-order valence-electron chi connectivity index (χ1n) is 12.2. The predicted molar refractivity (Wildman–Crippen MR) is 123 cm³/mol. The van der Waals surface area contributed by atoms with E-state index in [1.54, 1.807) is 0 Å². The molecule has 2 saturated heterocycles. The molecule has 5 rings (SSSR count). The van der Waals surface area contributed by atoms with E-state index in [2.05, 4.69) is 20.3 Å². The molecule has 0 spiro atoms. The zero-order valence-corrected chi connectivity index (χ0v) is 19.6. The third-order valence-corrected chi connectivity index (χ3v) is 6.80. The molecule has 3 aromatic rings. The minimum atomic E-state index is 0.133. The topological polar surface area (TPSA) is 107 Å². The second-order valence-corrected chi connectivity index (χ2v) is 9.34. The van der Waals surface area contributed by atoms with Crippen LogP contribution in [-0.2, 0) is 22.4 Å². The van der Waals surface area contributed by atoms with E-state index >= 15 is 0 Å². The molecular formula is C25H31N5O4. The van der Waals surface area contributed by atoms with Crippen LogP contribution >= 0.6 is 0 Å². The van der Waals surface area contributed by atoms with Gasteiger partial charge in [-0.15, -0.1) is 0 Å². The van der Waals surface area contributed by atoms with Gasteiger partial charge in [0.2, 0.25) is 23.5 Å². The molecule has 0 aliphatic carbocycles. The van der Waals surface area contributed by atoms with E-state index < -0.39 is 0 Å². The van der Waals surface area contributed by atoms with Crippen LogP contribution < -0.4 is 0 Å². The van der Waals surface area contributed by atoms with E-state index in [-0.39, 0.29) is 5.91 Å². The maximum absolute atomic E-state index is 12.7. The molecule has 2 fully saturated rings. The van der Waals surface area contributed by atoms with Gasteiger partial charge in [0.1, 0.15) is 0 Å². The summed E-state index contributed by atoms with van der Waals surface area (Å²) in [6.07, 6.45) is 5.40. The molecule has 0 N–H and O–H groups in total. The number of hydrogen-bond acceptors (Lipinski definition) is 8. The van der Waals surface area contributed by atoms with Crippen LogP contribution in [0.3, 0.4) is 0 Å². The summed E-state index contributed by atoms with van der Waals surface area (Å²) >= 11 is 0. The first kappa shape index (κ1) is 22.7. The Hall–Kier alpha value is -3.07. The Kier molecular flexibility index (Phi) is 6.99. The van der Waals surface area contributed by atoms with Crippen LogP contribution in [-0.4, -0.2) is 57.4 Å². The number of carbonyl (C=O) groups excluding carboxylic acids is 1. The molecule has 9 heteroatoms. The van der Waals surface area contributed by atoms with Crippen LogP contribution in [0.4, 0.5) is 0 Å². The molecular weight excluding hydrogens is 434 g/mol. The van der Waals surface area contributed by atoms with Crippen molar-refractivity contribution in [2.45, 2.75) is 57.8 Å². The van der Waals surface area contributed by atoms with Gasteiger partial charge >= 0.3 is 0 Å². The molecule has 0 unspecified atom stereocenters. The zero-order valence-electron chi connectivity index (χ0n) is 19.6. The summed E-state index contributed by atoms with van der Waals surface area (Å²) in [6, 6.07) is 7.97. The maximum Gasteiger partial charge on any atom is 0.227 e. The summed E-state index contributed by atoms with van der Waals surface area (Å²) in [5.74, 6) is 3.53. The van der Waals surface area contributed by atoms with Gasteiger partial charge in [-0.25, -0.2) is 0 Å². The molecule has 2 aromatic heterocycles. The Bertz CT molecular complexity index is 1100. The number of carbonyl (C=O) groups is 1. The summed E-state index contributed by atoms with van der Waals surface area (Å²) in [4.78, 5) is 23.8. The Morgan fingerprint density at radius 2 is 1.82 bits per heavy atom. The first-order valence-corrected chi connectivity index (χ1v) is 12.2. The quantitative estimate of drug-likeness (QED) is 0.519. The van der Waals surface area contributed by atoms with Gasteiger partial charge in [-0.1, -0.05) is 34.1 Å². The average molecular weight is 466 g/mol. The highest BCUT2D eigenvalue weighted by atomic mass is 16.5. The second kappa shape index (κ2) is 10.5. The van der Waals surface area contributed by atoms with Gasteiger partial charge in [-0.05, 0) is 44.6 Å². The number of hydrogen-bond donors (Lipinski definition) is 0. The van der Waals surface area contributed by atoms with Crippen molar-refractivity contribution in [3.63, 3.8) is 0 Å². The molecule has 1 amide bonds. The Morgan fingerprint density at radius 3 is 2.62 bits per heavy atom. The largest absolute Gasteiger partial charge is 0.381 e. The SMILES string of the molecule is Cc1cccc(-c2noc(CCC(=O)N3CCC(Cc4nc(C5CCOCC5)no4)CC3)n2)c1. The standard InChI is InChI=1S/C25H31N5O4/c1-17-3-2-4-20(15-17)25-26-21(33-29-25)5-6-23(31)30-11-7-18(8-12-30)16-22-27-24(28-34-22)19-9-13-32-14-10-19/h2-4,15,18-19H,5-14,16H2,1H3. The lowest BCUT2D eigenvalue weighted by Crippen LogP contribution is -2.39. The summed E-state index contributed by atoms with van der Waals surface area (Å²) in [6.45, 7) is 5.06. The number of nitrogens with zero attached hydrogens (tertiary/aromatic N) is 5. The predicted octanol–water partition coefficient (Wildman–Crippen LogP) is 3.74. The van der Waals surface area contributed by atoms with Crippen LogP contribution in [0.15, 0.2) is 33.3 Å². The molecule has 2 aliphatic rings. The lowest BCUT2D eigenvalue weighted by atomic mass is 9.93. The minimum Gasteiger partial charge on any atom is -0.381 e. The number of rotatable bonds is 7. The molecule has 1 aromatic carbocycles. The number of piperidine rings is 1. The smallest absolute Gasteiger partial charge is 0.227 e. The van der Waals surface area contributed by atoms with E-state index in [0.29, 0.717) is 42.3 Å². The van der Waals surface area contributed by atoms with Gasteiger partial charge in [-0.3, -0.25) is 4.79 Å². The summed E-state index contributed by atoms with van der Waals surface area (Å²) in [5.41, 5.74) is 2.06. The molecule has 0 radical (unpaired) electrons. The Labute approximate surface area is 198 Å². The number of aromatic nitrogens is 4. The minimum absolute atomic E-state index is 0.133. The van der Waals surface area contributed by atoms with E-state index in [1.807, 2.05) is 36.1 Å². The fourth-order valence-corrected chi connectivity index (χ4v) is 4.74. The highest BCUT2D eigenvalue weighted by molar-refractivity contribution is 5.76. The highest BCUT2D eigenvalue weighted by Crippen LogP contribution is 2.26. The number of aryl methyl sites for hydroxylation is 2. The summed E-state index contributed by atoms with van der Waals surface area (Å²) in [7, 11) is 0. The number of ether oxygens (including phenoxy) is 1. The normalized spacial score (nSPS) is 17.9. The summed E-state index contributed by atoms with van der Waals surface area (Å²) < 4.78 is 16.3. The number of likely N-dealkylation sites (tertiary alicyclic amines) is 1. The van der Waals surface area contributed by atoms with Crippen molar-refractivity contribution in [3.05, 3.63) is 47.4 Å². The van der Waals surface area contributed by atoms with Gasteiger partial charge in [0.15, 0.2) is 5.82 Å². The van der Waals surface area contributed by atoms with Crippen LogP contribution in [0.2, 0.25) is 0 Å². The lowest BCUT2D eigenvalue weighted by Gasteiger charge is -2.31. The average Bonchev–Trinajstić information content (AvgIpc) is 3.54. The summed E-state index contributed by atoms with van der Waals surface area (Å²) in [5, 5.41) is 8.26. The Balaban J connectivity index is 1.06. The van der Waals surface area contributed by atoms with Gasteiger partial charge in [0.05, 0.1) is 0 Å². The third kappa shape index (κ3) is 5.52. The van der Waals surface area contributed by atoms with Gasteiger partial charge in [-0.2, -0.15) is 9.97 Å². The monoisotopic (exact) mass is 465 g/mol. The van der Waals surface area contributed by atoms with Crippen LogP contribution in [0.5, 0.6) is 0 Å². The maximum atomic E-state index is 12.7. The van der Waals surface area contributed by atoms with Crippen LogP contribution in [0, 0.1) is 12.8 Å². The van der Waals surface area contributed by atoms with Crippen molar-refractivity contribution in [2.75, 3.05) is 26.3 Å². The molecule has 0 saturated carbocycles. The molecule has 2 aliphatic heterocycles. The van der Waals surface area contributed by atoms with Crippen molar-refractivity contribution in [3.8, 4) is 11.4 Å². The van der Waals surface area contributed by atoms with Crippen LogP contribution in [0.1, 0.15) is 61.2 Å². The van der Waals surface area contributed by atoms with Gasteiger partial charge in [0.25, 0.3) is 0 Å². The van der Waals surface area contributed by atoms with Crippen LogP contribution in [0.25, 0.3) is 11.4 Å². The lowest BCUT2D eigenvalue weighted by molar-refractivity contribution is -0.132. The van der Waals surface area contributed by atoms with E-state index in [9.17, 15) is 4.79 Å². The van der Waals surface area contributed by atoms with Crippen molar-refractivity contribution in [2.24, 2.45) is 5.92 Å². The second-order valence-electron chi connectivity index (χ2n) is 9.34. The number of benzene rings is 1. The fraction of sp³-hybridized carbons (Fsp3) is 0.560. The first-order chi connectivity index (χ1) is 16.6. The van der Waals surface area contributed by atoms with E-state index in [1.165, 1.54) is 0 Å². The molecule has 0 bridgehead atoms. The van der Waals surface area contributed by atoms with Crippen molar-refractivity contribution in [1.82, 2.24) is 25.2 Å². The van der Waals surface area contributed by atoms with Gasteiger partial charge in [0, 0.05) is 57.0 Å². The van der Waals surface area contributed by atoms with Crippen molar-refractivity contribution < 1.29 is 18.6 Å². The molecule has 4 heterocycles. The molecule has 9 nitrogen and oxygen atoms in total. The molecule has 0 atom stereocenters. The fourth-order valence-electron chi connectivity index (χ4n) is 4.74. The van der Waals surface area contributed by atoms with Crippen molar-refractivity contribution >= 4 is 5.91 Å². The van der Waals surface area contributed by atoms with Gasteiger partial charge < -0.3 is 18.7 Å². The Morgan fingerprint density at radius 1 is 1.03 bits per heavy atom. The molecule has 180 valence electrons. The third-order valence-electron chi connectivity index (χ3n) is 6.80. The van der Waals surface area contributed by atoms with Crippen molar-refractivity contribution in [1.29, 1.82) is 0 Å². The number of amides is 1. The van der Waals surface area contributed by atoms with E-state index in [4.69, 9.17) is 13.8 Å². The zero-order chi connectivity index (χ0) is 23.3. The van der Waals surface area contributed by atoms with E-state index in [0.717, 1.165) is 75.4 Å².